The van der Waals surface area contributed by atoms with E-state index in [2.05, 4.69) is 11.1 Å². The number of carbonyl (C=O) groups is 1. The molecule has 1 aromatic heterocycles. The zero-order valence-electron chi connectivity index (χ0n) is 19.8. The minimum Gasteiger partial charge on any atom is -0.454 e. The molecule has 3 aromatic rings. The molecule has 0 N–H and O–H groups in total. The predicted octanol–water partition coefficient (Wildman–Crippen LogP) is 4.83. The highest BCUT2D eigenvalue weighted by molar-refractivity contribution is 5.78. The lowest BCUT2D eigenvalue weighted by Gasteiger charge is -2.34. The highest BCUT2D eigenvalue weighted by atomic mass is 19.1. The quantitative estimate of drug-likeness (QED) is 0.465. The first-order chi connectivity index (χ1) is 17.0. The van der Waals surface area contributed by atoms with Gasteiger partial charge in [-0.1, -0.05) is 12.1 Å². The molecule has 2 heterocycles. The molecule has 2 aromatic carbocycles. The van der Waals surface area contributed by atoms with Crippen LogP contribution in [0.5, 0.6) is 11.5 Å². The minimum atomic E-state index is -0.518. The molecule has 1 fully saturated rings. The molecule has 1 amide bonds. The maximum atomic E-state index is 14.9. The number of morpholine rings is 1. The molecule has 1 aliphatic heterocycles. The van der Waals surface area contributed by atoms with Crippen molar-refractivity contribution in [2.45, 2.75) is 26.3 Å². The number of likely N-dealkylation sites (N-methyl/N-ethyl adjacent to an activating group) is 1. The fraction of sp³-hybridized carbons (Fsp3) is 0.296. The van der Waals surface area contributed by atoms with Crippen molar-refractivity contribution in [3.8, 4) is 17.6 Å². The van der Waals surface area contributed by atoms with E-state index in [1.807, 2.05) is 30.9 Å². The number of benzene rings is 2. The van der Waals surface area contributed by atoms with Crippen LogP contribution in [0.3, 0.4) is 0 Å². The number of ether oxygens (including phenoxy) is 2. The van der Waals surface area contributed by atoms with Gasteiger partial charge in [-0.3, -0.25) is 4.79 Å². The Morgan fingerprint density at radius 2 is 2.03 bits per heavy atom. The summed E-state index contributed by atoms with van der Waals surface area (Å²) in [6, 6.07) is 17.6. The number of amides is 1. The molecule has 0 spiro atoms. The number of nitriles is 1. The summed E-state index contributed by atoms with van der Waals surface area (Å²) in [6.45, 7) is 5.69. The third-order valence-electron chi connectivity index (χ3n) is 5.97. The molecule has 180 valence electrons. The molecular formula is C27H27FN4O3. The number of pyridine rings is 1. The summed E-state index contributed by atoms with van der Waals surface area (Å²) < 4.78 is 26.1. The van der Waals surface area contributed by atoms with Crippen LogP contribution in [0, 0.1) is 17.1 Å². The largest absolute Gasteiger partial charge is 0.454 e. The van der Waals surface area contributed by atoms with Crippen molar-refractivity contribution in [1.29, 1.82) is 5.26 Å². The van der Waals surface area contributed by atoms with Crippen molar-refractivity contribution in [3.05, 3.63) is 77.7 Å². The fourth-order valence-corrected chi connectivity index (χ4v) is 4.25. The Morgan fingerprint density at radius 1 is 1.23 bits per heavy atom. The van der Waals surface area contributed by atoms with Gasteiger partial charge in [0.1, 0.15) is 18.4 Å². The van der Waals surface area contributed by atoms with Gasteiger partial charge in [-0.15, -0.1) is 0 Å². The maximum Gasteiger partial charge on any atom is 0.248 e. The topological polar surface area (TPSA) is 78.7 Å². The van der Waals surface area contributed by atoms with Crippen LogP contribution in [0.15, 0.2) is 60.8 Å². The molecular weight excluding hydrogens is 447 g/mol. The summed E-state index contributed by atoms with van der Waals surface area (Å²) in [5, 5.41) is 9.39. The Hall–Kier alpha value is -3.96. The lowest BCUT2D eigenvalue weighted by Crippen LogP contribution is -2.50. The van der Waals surface area contributed by atoms with Gasteiger partial charge in [0.25, 0.3) is 0 Å². The second kappa shape index (κ2) is 11.0. The highest BCUT2D eigenvalue weighted by Crippen LogP contribution is 2.32. The summed E-state index contributed by atoms with van der Waals surface area (Å²) in [4.78, 5) is 20.0. The molecule has 0 saturated carbocycles. The van der Waals surface area contributed by atoms with Gasteiger partial charge < -0.3 is 19.3 Å². The van der Waals surface area contributed by atoms with Gasteiger partial charge in [-0.25, -0.2) is 9.37 Å². The van der Waals surface area contributed by atoms with E-state index in [0.717, 1.165) is 5.56 Å². The van der Waals surface area contributed by atoms with Gasteiger partial charge in [-0.05, 0) is 62.2 Å². The van der Waals surface area contributed by atoms with Gasteiger partial charge in [0, 0.05) is 31.0 Å². The second-order valence-electron chi connectivity index (χ2n) is 8.14. The van der Waals surface area contributed by atoms with E-state index in [9.17, 15) is 14.4 Å². The number of hydrogen-bond acceptors (Lipinski definition) is 6. The Kier molecular flexibility index (Phi) is 7.58. The van der Waals surface area contributed by atoms with E-state index >= 15 is 0 Å². The van der Waals surface area contributed by atoms with Crippen molar-refractivity contribution in [2.24, 2.45) is 0 Å². The lowest BCUT2D eigenvalue weighted by molar-refractivity contribution is -0.147. The number of aromatic nitrogens is 1. The van der Waals surface area contributed by atoms with Crippen LogP contribution < -0.4 is 9.64 Å². The van der Waals surface area contributed by atoms with Crippen LogP contribution in [-0.4, -0.2) is 48.1 Å². The van der Waals surface area contributed by atoms with Crippen molar-refractivity contribution in [2.75, 3.05) is 31.2 Å². The van der Waals surface area contributed by atoms with Crippen molar-refractivity contribution < 1.29 is 18.7 Å². The van der Waals surface area contributed by atoms with Gasteiger partial charge in [0.05, 0.1) is 18.2 Å². The van der Waals surface area contributed by atoms with Gasteiger partial charge in [0.15, 0.2) is 17.4 Å². The molecule has 1 unspecified atom stereocenters. The van der Waals surface area contributed by atoms with Crippen LogP contribution in [0.25, 0.3) is 0 Å². The summed E-state index contributed by atoms with van der Waals surface area (Å²) in [7, 11) is 0. The standard InChI is InChI=1S/C27H27FN4O3/c1-3-31-22(17-34-18-26(31)33)14-19-7-10-23(11-8-19)35-25-12-9-21(15-24(25)28)32(4-2)27-20(16-29)6-5-13-30-27/h5-13,15,22H,3-4,14,17-18H2,1-2H3. The third-order valence-corrected chi connectivity index (χ3v) is 5.97. The highest BCUT2D eigenvalue weighted by Gasteiger charge is 2.27. The van der Waals surface area contributed by atoms with Crippen LogP contribution in [-0.2, 0) is 16.0 Å². The Balaban J connectivity index is 1.46. The summed E-state index contributed by atoms with van der Waals surface area (Å²) >= 11 is 0. The number of hydrogen-bond donors (Lipinski definition) is 0. The lowest BCUT2D eigenvalue weighted by atomic mass is 10.0. The first-order valence-electron chi connectivity index (χ1n) is 11.6. The van der Waals surface area contributed by atoms with Gasteiger partial charge >= 0.3 is 0 Å². The average molecular weight is 475 g/mol. The number of halogens is 1. The summed E-state index contributed by atoms with van der Waals surface area (Å²) in [5.74, 6) is 0.579. The number of carbonyl (C=O) groups excluding carboxylic acids is 1. The molecule has 1 atom stereocenters. The van der Waals surface area contributed by atoms with E-state index in [0.29, 0.717) is 48.9 Å². The van der Waals surface area contributed by atoms with Crippen LogP contribution >= 0.6 is 0 Å². The molecule has 1 saturated heterocycles. The van der Waals surface area contributed by atoms with E-state index in [-0.39, 0.29) is 24.3 Å². The van der Waals surface area contributed by atoms with Crippen LogP contribution in [0.4, 0.5) is 15.9 Å². The maximum absolute atomic E-state index is 14.9. The fourth-order valence-electron chi connectivity index (χ4n) is 4.25. The monoisotopic (exact) mass is 474 g/mol. The Labute approximate surface area is 204 Å². The number of nitrogens with zero attached hydrogens (tertiary/aromatic N) is 4. The summed E-state index contributed by atoms with van der Waals surface area (Å²) in [6.07, 6.45) is 2.28. The number of rotatable bonds is 8. The zero-order valence-corrected chi connectivity index (χ0v) is 19.8. The molecule has 0 radical (unpaired) electrons. The zero-order chi connectivity index (χ0) is 24.8. The second-order valence-corrected chi connectivity index (χ2v) is 8.14. The van der Waals surface area contributed by atoms with Gasteiger partial charge in [0.2, 0.25) is 5.91 Å². The smallest absolute Gasteiger partial charge is 0.248 e. The number of anilines is 2. The van der Waals surface area contributed by atoms with Crippen molar-refractivity contribution >= 4 is 17.4 Å². The predicted molar refractivity (Wildman–Crippen MR) is 130 cm³/mol. The third kappa shape index (κ3) is 5.42. The molecule has 1 aliphatic rings. The van der Waals surface area contributed by atoms with Crippen LogP contribution in [0.2, 0.25) is 0 Å². The van der Waals surface area contributed by atoms with Gasteiger partial charge in [-0.2, -0.15) is 5.26 Å². The molecule has 4 rings (SSSR count). The first kappa shape index (κ1) is 24.2. The molecule has 7 nitrogen and oxygen atoms in total. The molecule has 8 heteroatoms. The normalized spacial score (nSPS) is 15.5. The molecule has 0 aliphatic carbocycles. The minimum absolute atomic E-state index is 0.000159. The SMILES string of the molecule is CCN(c1ccc(Oc2ccc(CC3COCC(=O)N3CC)cc2)c(F)c1)c1ncccc1C#N. The molecule has 0 bridgehead atoms. The van der Waals surface area contributed by atoms with Crippen molar-refractivity contribution in [3.63, 3.8) is 0 Å². The van der Waals surface area contributed by atoms with E-state index < -0.39 is 5.82 Å². The van der Waals surface area contributed by atoms with E-state index in [1.54, 1.807) is 47.5 Å². The summed E-state index contributed by atoms with van der Waals surface area (Å²) in [5.41, 5.74) is 2.03. The van der Waals surface area contributed by atoms with E-state index in [4.69, 9.17) is 9.47 Å². The Bertz CT molecular complexity index is 1230. The first-order valence-corrected chi connectivity index (χ1v) is 11.6. The van der Waals surface area contributed by atoms with Crippen LogP contribution in [0.1, 0.15) is 25.0 Å². The van der Waals surface area contributed by atoms with E-state index in [1.165, 1.54) is 6.07 Å². The Morgan fingerprint density at radius 3 is 2.71 bits per heavy atom. The average Bonchev–Trinajstić information content (AvgIpc) is 2.87. The van der Waals surface area contributed by atoms with Crippen molar-refractivity contribution in [1.82, 2.24) is 9.88 Å². The molecule has 35 heavy (non-hydrogen) atoms.